The zero-order valence-electron chi connectivity index (χ0n) is 7.20. The third-order valence-corrected chi connectivity index (χ3v) is 2.91. The molecule has 0 aromatic carbocycles. The number of aryl methyl sites for hydroxylation is 1. The molecule has 0 aliphatic heterocycles. The molecule has 0 saturated carbocycles. The van der Waals surface area contributed by atoms with Gasteiger partial charge in [0.15, 0.2) is 0 Å². The van der Waals surface area contributed by atoms with Crippen LogP contribution in [-0.2, 0) is 6.42 Å². The van der Waals surface area contributed by atoms with Crippen LogP contribution in [0.2, 0.25) is 0 Å². The molecule has 2 nitrogen and oxygen atoms in total. The maximum atomic E-state index is 3.96. The number of halogens is 1. The molecule has 0 saturated heterocycles. The number of nitrogens with zero attached hydrogens (tertiary/aromatic N) is 2. The summed E-state index contributed by atoms with van der Waals surface area (Å²) in [6.07, 6.45) is 8.71. The molecule has 3 heteroatoms. The number of alkyl halides is 1. The minimum Gasteiger partial charge on any atom is -0.245 e. The fourth-order valence-electron chi connectivity index (χ4n) is 0.986. The first-order chi connectivity index (χ1) is 5.83. The highest BCUT2D eigenvalue weighted by Gasteiger charge is 2.00. The van der Waals surface area contributed by atoms with Gasteiger partial charge in [0.2, 0.25) is 0 Å². The molecule has 1 atom stereocenters. The molecule has 1 aromatic heterocycles. The summed E-state index contributed by atoms with van der Waals surface area (Å²) in [5.41, 5.74) is 1.22. The fraction of sp³-hybridized carbons (Fsp3) is 0.556. The predicted molar refractivity (Wildman–Crippen MR) is 53.4 cm³/mol. The average molecular weight is 229 g/mol. The van der Waals surface area contributed by atoms with E-state index in [2.05, 4.69) is 32.8 Å². The van der Waals surface area contributed by atoms with Gasteiger partial charge in [-0.15, -0.1) is 0 Å². The first kappa shape index (κ1) is 9.65. The van der Waals surface area contributed by atoms with Crippen molar-refractivity contribution in [3.8, 4) is 0 Å². The highest BCUT2D eigenvalue weighted by molar-refractivity contribution is 9.09. The molecule has 1 aromatic rings. The summed E-state index contributed by atoms with van der Waals surface area (Å²) >= 11 is 3.59. The third-order valence-electron chi connectivity index (χ3n) is 1.80. The van der Waals surface area contributed by atoms with Crippen molar-refractivity contribution < 1.29 is 0 Å². The van der Waals surface area contributed by atoms with Gasteiger partial charge in [0, 0.05) is 17.2 Å². The van der Waals surface area contributed by atoms with Crippen molar-refractivity contribution in [2.45, 2.75) is 31.0 Å². The highest BCUT2D eigenvalue weighted by Crippen LogP contribution is 2.12. The minimum absolute atomic E-state index is 0.623. The second kappa shape index (κ2) is 5.25. The van der Waals surface area contributed by atoms with Gasteiger partial charge in [-0.2, -0.15) is 0 Å². The SMILES string of the molecule is CCC(Br)CCc1cncnc1. The molecule has 0 aliphatic carbocycles. The molecule has 1 unspecified atom stereocenters. The van der Waals surface area contributed by atoms with E-state index in [0.29, 0.717) is 4.83 Å². The molecule has 0 amide bonds. The molecule has 66 valence electrons. The van der Waals surface area contributed by atoms with Gasteiger partial charge in [0.05, 0.1) is 0 Å². The van der Waals surface area contributed by atoms with Crippen LogP contribution < -0.4 is 0 Å². The van der Waals surface area contributed by atoms with E-state index in [0.717, 1.165) is 12.8 Å². The van der Waals surface area contributed by atoms with Crippen LogP contribution >= 0.6 is 15.9 Å². The summed E-state index contributed by atoms with van der Waals surface area (Å²) in [6, 6.07) is 0. The summed E-state index contributed by atoms with van der Waals surface area (Å²) in [7, 11) is 0. The van der Waals surface area contributed by atoms with Crippen LogP contribution in [0.15, 0.2) is 18.7 Å². The van der Waals surface area contributed by atoms with E-state index >= 15 is 0 Å². The summed E-state index contributed by atoms with van der Waals surface area (Å²) in [5.74, 6) is 0. The van der Waals surface area contributed by atoms with E-state index < -0.39 is 0 Å². The van der Waals surface area contributed by atoms with Crippen LogP contribution in [0.5, 0.6) is 0 Å². The van der Waals surface area contributed by atoms with E-state index in [4.69, 9.17) is 0 Å². The Morgan fingerprint density at radius 1 is 1.42 bits per heavy atom. The van der Waals surface area contributed by atoms with Gasteiger partial charge in [0.25, 0.3) is 0 Å². The first-order valence-corrected chi connectivity index (χ1v) is 5.12. The Morgan fingerprint density at radius 2 is 2.08 bits per heavy atom. The predicted octanol–water partition coefficient (Wildman–Crippen LogP) is 2.58. The Balaban J connectivity index is 2.33. The topological polar surface area (TPSA) is 25.8 Å². The number of hydrogen-bond donors (Lipinski definition) is 0. The molecule has 0 fully saturated rings. The van der Waals surface area contributed by atoms with Gasteiger partial charge in [0.1, 0.15) is 6.33 Å². The van der Waals surface area contributed by atoms with E-state index in [-0.39, 0.29) is 0 Å². The third kappa shape index (κ3) is 3.30. The molecule has 1 heterocycles. The zero-order valence-corrected chi connectivity index (χ0v) is 8.79. The normalized spacial score (nSPS) is 12.8. The van der Waals surface area contributed by atoms with Gasteiger partial charge >= 0.3 is 0 Å². The van der Waals surface area contributed by atoms with Crippen molar-refractivity contribution in [3.63, 3.8) is 0 Å². The van der Waals surface area contributed by atoms with Crippen LogP contribution in [-0.4, -0.2) is 14.8 Å². The second-order valence-electron chi connectivity index (χ2n) is 2.79. The summed E-state index contributed by atoms with van der Waals surface area (Å²) < 4.78 is 0. The molecule has 0 radical (unpaired) electrons. The Kier molecular flexibility index (Phi) is 4.22. The van der Waals surface area contributed by atoms with Crippen molar-refractivity contribution in [2.75, 3.05) is 0 Å². The lowest BCUT2D eigenvalue weighted by Crippen LogP contribution is -1.98. The Bertz CT molecular complexity index is 213. The van der Waals surface area contributed by atoms with E-state index in [1.54, 1.807) is 6.33 Å². The van der Waals surface area contributed by atoms with Gasteiger partial charge in [-0.05, 0) is 24.8 Å². The lowest BCUT2D eigenvalue weighted by Gasteiger charge is -2.04. The lowest BCUT2D eigenvalue weighted by molar-refractivity contribution is 0.742. The number of hydrogen-bond acceptors (Lipinski definition) is 2. The maximum absolute atomic E-state index is 3.96. The second-order valence-corrected chi connectivity index (χ2v) is 4.09. The highest BCUT2D eigenvalue weighted by atomic mass is 79.9. The van der Waals surface area contributed by atoms with Crippen LogP contribution in [0.25, 0.3) is 0 Å². The molecule has 0 aliphatic rings. The largest absolute Gasteiger partial charge is 0.245 e. The quantitative estimate of drug-likeness (QED) is 0.741. The number of rotatable bonds is 4. The van der Waals surface area contributed by atoms with Gasteiger partial charge < -0.3 is 0 Å². The monoisotopic (exact) mass is 228 g/mol. The lowest BCUT2D eigenvalue weighted by atomic mass is 10.1. The van der Waals surface area contributed by atoms with Crippen molar-refractivity contribution in [1.82, 2.24) is 9.97 Å². The molecular weight excluding hydrogens is 216 g/mol. The summed E-state index contributed by atoms with van der Waals surface area (Å²) in [4.78, 5) is 8.55. The van der Waals surface area contributed by atoms with E-state index in [1.807, 2.05) is 12.4 Å². The summed E-state index contributed by atoms with van der Waals surface area (Å²) in [5, 5.41) is 0. The van der Waals surface area contributed by atoms with Crippen LogP contribution in [0.3, 0.4) is 0 Å². The Labute approximate surface area is 81.6 Å². The zero-order chi connectivity index (χ0) is 8.81. The van der Waals surface area contributed by atoms with Crippen molar-refractivity contribution >= 4 is 15.9 Å². The van der Waals surface area contributed by atoms with Crippen LogP contribution in [0.4, 0.5) is 0 Å². The fourth-order valence-corrected chi connectivity index (χ4v) is 1.22. The van der Waals surface area contributed by atoms with Crippen molar-refractivity contribution in [3.05, 3.63) is 24.3 Å². The van der Waals surface area contributed by atoms with Crippen LogP contribution in [0.1, 0.15) is 25.3 Å². The van der Waals surface area contributed by atoms with E-state index in [1.165, 1.54) is 12.0 Å². The molecule has 0 spiro atoms. The molecule has 1 rings (SSSR count). The smallest absolute Gasteiger partial charge is 0.115 e. The Hall–Kier alpha value is -0.440. The Morgan fingerprint density at radius 3 is 2.67 bits per heavy atom. The minimum atomic E-state index is 0.623. The molecule has 0 N–H and O–H groups in total. The molecule has 0 bridgehead atoms. The van der Waals surface area contributed by atoms with E-state index in [9.17, 15) is 0 Å². The average Bonchev–Trinajstić information content (AvgIpc) is 2.16. The molecule has 12 heavy (non-hydrogen) atoms. The maximum Gasteiger partial charge on any atom is 0.115 e. The van der Waals surface area contributed by atoms with Crippen molar-refractivity contribution in [2.24, 2.45) is 0 Å². The number of aromatic nitrogens is 2. The van der Waals surface area contributed by atoms with Gasteiger partial charge in [-0.3, -0.25) is 0 Å². The summed E-state index contributed by atoms with van der Waals surface area (Å²) in [6.45, 7) is 2.18. The van der Waals surface area contributed by atoms with Crippen molar-refractivity contribution in [1.29, 1.82) is 0 Å². The molecular formula is C9H13BrN2. The van der Waals surface area contributed by atoms with Gasteiger partial charge in [-0.1, -0.05) is 22.9 Å². The van der Waals surface area contributed by atoms with Crippen LogP contribution in [0, 0.1) is 0 Å². The standard InChI is InChI=1S/C9H13BrN2/c1-2-9(10)4-3-8-5-11-7-12-6-8/h5-7,9H,2-4H2,1H3. The van der Waals surface area contributed by atoms with Gasteiger partial charge in [-0.25, -0.2) is 9.97 Å². The first-order valence-electron chi connectivity index (χ1n) is 4.21.